The lowest BCUT2D eigenvalue weighted by atomic mass is 10.0. The van der Waals surface area contributed by atoms with Crippen LogP contribution < -0.4 is 9.47 Å². The summed E-state index contributed by atoms with van der Waals surface area (Å²) in [6, 6.07) is 11.7. The highest BCUT2D eigenvalue weighted by Crippen LogP contribution is 2.42. The molecule has 3 heterocycles. The Balaban J connectivity index is 1.46. The Labute approximate surface area is 177 Å². The second-order valence-corrected chi connectivity index (χ2v) is 7.52. The van der Waals surface area contributed by atoms with E-state index in [1.807, 2.05) is 18.3 Å². The maximum Gasteiger partial charge on any atom is 0.231 e. The van der Waals surface area contributed by atoms with Crippen LogP contribution in [0.15, 0.2) is 60.6 Å². The number of ether oxygens (including phenoxy) is 2. The summed E-state index contributed by atoms with van der Waals surface area (Å²) in [5, 5.41) is 0.211. The smallest absolute Gasteiger partial charge is 0.231 e. The van der Waals surface area contributed by atoms with Gasteiger partial charge < -0.3 is 9.47 Å². The molecule has 2 aromatic carbocycles. The Hall–Kier alpha value is -3.22. The minimum atomic E-state index is -0.518. The van der Waals surface area contributed by atoms with Gasteiger partial charge in [-0.25, -0.2) is 4.39 Å². The molecule has 150 valence electrons. The second-order valence-electron chi connectivity index (χ2n) is 7.12. The van der Waals surface area contributed by atoms with E-state index >= 15 is 0 Å². The van der Waals surface area contributed by atoms with Gasteiger partial charge in [-0.05, 0) is 42.0 Å². The Morgan fingerprint density at radius 3 is 2.90 bits per heavy atom. The molecule has 0 radical (unpaired) electrons. The van der Waals surface area contributed by atoms with Crippen LogP contribution in [-0.2, 0) is 13.1 Å². The molecule has 2 aliphatic rings. The second kappa shape index (κ2) is 7.55. The molecule has 0 spiro atoms. The number of benzene rings is 2. The molecule has 5 nitrogen and oxygen atoms in total. The van der Waals surface area contributed by atoms with Gasteiger partial charge in [0.2, 0.25) is 5.78 Å². The first-order valence-corrected chi connectivity index (χ1v) is 9.76. The number of pyridine rings is 1. The van der Waals surface area contributed by atoms with Gasteiger partial charge in [0, 0.05) is 31.0 Å². The van der Waals surface area contributed by atoms with Crippen LogP contribution in [-0.4, -0.2) is 22.4 Å². The SMILES string of the molecule is O=C1/C(=C/c2c(F)cccc2Cl)Oc2c1ccc1c2CN(Cc2cccnc2)CO1. The van der Waals surface area contributed by atoms with Crippen LogP contribution in [0.5, 0.6) is 11.5 Å². The maximum atomic E-state index is 14.2. The van der Waals surface area contributed by atoms with Crippen molar-refractivity contribution in [2.24, 2.45) is 0 Å². The minimum absolute atomic E-state index is 0.0368. The number of hydrogen-bond acceptors (Lipinski definition) is 5. The van der Waals surface area contributed by atoms with Gasteiger partial charge in [-0.2, -0.15) is 0 Å². The average Bonchev–Trinajstić information content (AvgIpc) is 3.07. The zero-order valence-corrected chi connectivity index (χ0v) is 16.5. The van der Waals surface area contributed by atoms with Crippen molar-refractivity contribution in [3.63, 3.8) is 0 Å². The van der Waals surface area contributed by atoms with E-state index in [1.54, 1.807) is 24.4 Å². The first-order chi connectivity index (χ1) is 14.6. The molecule has 0 N–H and O–H groups in total. The molecule has 0 aliphatic carbocycles. The van der Waals surface area contributed by atoms with Gasteiger partial charge in [0.05, 0.1) is 16.1 Å². The summed E-state index contributed by atoms with van der Waals surface area (Å²) in [6.07, 6.45) is 4.89. The molecular formula is C23H16ClFN2O3. The highest BCUT2D eigenvalue weighted by atomic mass is 35.5. The van der Waals surface area contributed by atoms with Crippen molar-refractivity contribution in [3.05, 3.63) is 93.7 Å². The van der Waals surface area contributed by atoms with Gasteiger partial charge in [0.15, 0.2) is 5.76 Å². The van der Waals surface area contributed by atoms with E-state index in [1.165, 1.54) is 18.2 Å². The summed E-state index contributed by atoms with van der Waals surface area (Å²) < 4.78 is 25.9. The maximum absolute atomic E-state index is 14.2. The van der Waals surface area contributed by atoms with Gasteiger partial charge in [-0.1, -0.05) is 23.7 Å². The molecule has 30 heavy (non-hydrogen) atoms. The molecule has 2 aliphatic heterocycles. The molecule has 7 heteroatoms. The van der Waals surface area contributed by atoms with Crippen LogP contribution in [0.1, 0.15) is 27.0 Å². The standard InChI is InChI=1S/C23H16ClFN2O3/c24-18-4-1-5-19(25)16(18)9-21-22(28)15-6-7-20-17(23(15)30-21)12-27(13-29-20)11-14-3-2-8-26-10-14/h1-10H,11-13H2/b21-9-. The number of carbonyl (C=O) groups excluding carboxylic acids is 1. The number of rotatable bonds is 3. The number of nitrogens with zero attached hydrogens (tertiary/aromatic N) is 2. The predicted octanol–water partition coefficient (Wildman–Crippen LogP) is 4.84. The number of ketones is 1. The van der Waals surface area contributed by atoms with Crippen molar-refractivity contribution in [3.8, 4) is 11.5 Å². The van der Waals surface area contributed by atoms with Crippen LogP contribution >= 0.6 is 11.6 Å². The zero-order chi connectivity index (χ0) is 20.7. The summed E-state index contributed by atoms with van der Waals surface area (Å²) in [4.78, 5) is 19.1. The van der Waals surface area contributed by atoms with E-state index in [0.717, 1.165) is 11.1 Å². The van der Waals surface area contributed by atoms with Crippen molar-refractivity contribution in [1.29, 1.82) is 0 Å². The lowest BCUT2D eigenvalue weighted by Crippen LogP contribution is -2.31. The fraction of sp³-hybridized carbons (Fsp3) is 0.130. The Morgan fingerprint density at radius 1 is 1.20 bits per heavy atom. The lowest BCUT2D eigenvalue weighted by molar-refractivity contribution is 0.0872. The summed E-state index contributed by atoms with van der Waals surface area (Å²) in [6.45, 7) is 1.62. The van der Waals surface area contributed by atoms with E-state index in [-0.39, 0.29) is 22.1 Å². The third-order valence-corrected chi connectivity index (χ3v) is 5.42. The van der Waals surface area contributed by atoms with Crippen LogP contribution in [0, 0.1) is 5.82 Å². The average molecular weight is 423 g/mol. The summed E-state index contributed by atoms with van der Waals surface area (Å²) in [5.41, 5.74) is 2.40. The molecule has 0 atom stereocenters. The van der Waals surface area contributed by atoms with Crippen molar-refractivity contribution in [2.45, 2.75) is 13.1 Å². The first kappa shape index (κ1) is 18.8. The number of aromatic nitrogens is 1. The van der Waals surface area contributed by atoms with Gasteiger partial charge in [0.1, 0.15) is 24.0 Å². The third-order valence-electron chi connectivity index (χ3n) is 5.09. The summed E-state index contributed by atoms with van der Waals surface area (Å²) in [7, 11) is 0. The molecule has 0 saturated carbocycles. The highest BCUT2D eigenvalue weighted by molar-refractivity contribution is 6.32. The normalized spacial score (nSPS) is 16.7. The van der Waals surface area contributed by atoms with E-state index in [0.29, 0.717) is 36.9 Å². The van der Waals surface area contributed by atoms with E-state index in [4.69, 9.17) is 21.1 Å². The largest absolute Gasteiger partial charge is 0.478 e. The predicted molar refractivity (Wildman–Crippen MR) is 110 cm³/mol. The number of allylic oxidation sites excluding steroid dienone is 1. The molecule has 0 saturated heterocycles. The topological polar surface area (TPSA) is 51.7 Å². The van der Waals surface area contributed by atoms with Gasteiger partial charge in [-0.3, -0.25) is 14.7 Å². The van der Waals surface area contributed by atoms with Gasteiger partial charge in [-0.15, -0.1) is 0 Å². The van der Waals surface area contributed by atoms with Crippen molar-refractivity contribution in [1.82, 2.24) is 9.88 Å². The number of carbonyl (C=O) groups is 1. The van der Waals surface area contributed by atoms with Crippen LogP contribution in [0.25, 0.3) is 6.08 Å². The van der Waals surface area contributed by atoms with Crippen molar-refractivity contribution in [2.75, 3.05) is 6.73 Å². The number of halogens is 2. The summed E-state index contributed by atoms with van der Waals surface area (Å²) in [5.74, 6) is 0.336. The molecular weight excluding hydrogens is 407 g/mol. The van der Waals surface area contributed by atoms with Crippen LogP contribution in [0.2, 0.25) is 5.02 Å². The van der Waals surface area contributed by atoms with E-state index in [2.05, 4.69) is 9.88 Å². The molecule has 1 aromatic heterocycles. The quantitative estimate of drug-likeness (QED) is 0.565. The van der Waals surface area contributed by atoms with E-state index < -0.39 is 5.82 Å². The van der Waals surface area contributed by atoms with Crippen LogP contribution in [0.4, 0.5) is 4.39 Å². The molecule has 0 unspecified atom stereocenters. The number of hydrogen-bond donors (Lipinski definition) is 0. The van der Waals surface area contributed by atoms with Gasteiger partial charge in [0.25, 0.3) is 0 Å². The first-order valence-electron chi connectivity index (χ1n) is 9.38. The molecule has 0 fully saturated rings. The van der Waals surface area contributed by atoms with Crippen LogP contribution in [0.3, 0.4) is 0 Å². The summed E-state index contributed by atoms with van der Waals surface area (Å²) >= 11 is 6.10. The third kappa shape index (κ3) is 3.34. The van der Waals surface area contributed by atoms with Crippen molar-refractivity contribution >= 4 is 23.5 Å². The fourth-order valence-corrected chi connectivity index (χ4v) is 3.85. The fourth-order valence-electron chi connectivity index (χ4n) is 3.64. The number of fused-ring (bicyclic) bond motifs is 3. The Kier molecular flexibility index (Phi) is 4.73. The molecule has 3 aromatic rings. The van der Waals surface area contributed by atoms with Gasteiger partial charge >= 0.3 is 0 Å². The minimum Gasteiger partial charge on any atom is -0.478 e. The van der Waals surface area contributed by atoms with E-state index in [9.17, 15) is 9.18 Å². The molecule has 0 amide bonds. The Morgan fingerprint density at radius 2 is 2.10 bits per heavy atom. The Bertz CT molecular complexity index is 1160. The highest BCUT2D eigenvalue weighted by Gasteiger charge is 2.34. The van der Waals surface area contributed by atoms with Crippen molar-refractivity contribution < 1.29 is 18.7 Å². The molecule has 5 rings (SSSR count). The lowest BCUT2D eigenvalue weighted by Gasteiger charge is -2.29. The number of Topliss-reactive ketones (excluding diaryl/α,β-unsaturated/α-hetero) is 1. The monoisotopic (exact) mass is 422 g/mol. The molecule has 0 bridgehead atoms. The zero-order valence-electron chi connectivity index (χ0n) is 15.8.